The van der Waals surface area contributed by atoms with Crippen LogP contribution in [0, 0.1) is 6.92 Å². The monoisotopic (exact) mass is 440 g/mol. The number of nitrogens with one attached hydrogen (secondary N) is 1. The lowest BCUT2D eigenvalue weighted by Gasteiger charge is -2.21. The van der Waals surface area contributed by atoms with E-state index >= 15 is 0 Å². The molecule has 1 aromatic heterocycles. The molecule has 2 heterocycles. The molecule has 1 aliphatic heterocycles. The summed E-state index contributed by atoms with van der Waals surface area (Å²) in [5, 5.41) is 0. The van der Waals surface area contributed by atoms with Gasteiger partial charge in [0.15, 0.2) is 12.3 Å². The molecule has 25 heavy (non-hydrogen) atoms. The lowest BCUT2D eigenvalue weighted by Crippen LogP contribution is -2.39. The number of carbonyl (C=O) groups excluding carboxylic acids is 1. The Bertz CT molecular complexity index is 877. The van der Waals surface area contributed by atoms with Gasteiger partial charge in [-0.25, -0.2) is 4.79 Å². The highest BCUT2D eigenvalue weighted by Crippen LogP contribution is 2.35. The van der Waals surface area contributed by atoms with E-state index in [0.29, 0.717) is 0 Å². The lowest BCUT2D eigenvalue weighted by atomic mass is 10.2. The number of aromatic nitrogens is 2. The Balaban J connectivity index is 2.37. The molecule has 1 fully saturated rings. The van der Waals surface area contributed by atoms with Gasteiger partial charge in [0.25, 0.3) is 15.7 Å². The van der Waals surface area contributed by atoms with Gasteiger partial charge in [-0.15, -0.1) is 0 Å². The molecule has 10 nitrogen and oxygen atoms in total. The van der Waals surface area contributed by atoms with Crippen molar-refractivity contribution in [1.82, 2.24) is 9.55 Å². The standard InChI is InChI=1S/C13H17BrN2O8S/c1-6-4-16(13(19)15-11(6)18)12-10(23-7(2)17)9(14)8(24-12)5-22-25(3,20)21/h4,8-10,12H,5H2,1-3H3,(H,15,18,19)/t8-,9-,10+,12-/m1/s1. The van der Waals surface area contributed by atoms with Crippen LogP contribution in [0.15, 0.2) is 15.8 Å². The maximum atomic E-state index is 12.1. The summed E-state index contributed by atoms with van der Waals surface area (Å²) < 4.78 is 39.0. The molecule has 140 valence electrons. The fraction of sp³-hybridized carbons (Fsp3) is 0.615. The molecule has 0 radical (unpaired) electrons. The Hall–Kier alpha value is -1.50. The van der Waals surface area contributed by atoms with Crippen LogP contribution in [-0.2, 0) is 28.6 Å². The summed E-state index contributed by atoms with van der Waals surface area (Å²) in [6, 6.07) is 0. The summed E-state index contributed by atoms with van der Waals surface area (Å²) in [7, 11) is -3.70. The number of esters is 1. The van der Waals surface area contributed by atoms with Crippen molar-refractivity contribution >= 4 is 32.0 Å². The Labute approximate surface area is 151 Å². The van der Waals surface area contributed by atoms with Gasteiger partial charge in [0.2, 0.25) is 0 Å². The van der Waals surface area contributed by atoms with Crippen LogP contribution >= 0.6 is 15.9 Å². The average Bonchev–Trinajstić information content (AvgIpc) is 2.76. The second-order valence-corrected chi connectivity index (χ2v) is 8.25. The highest BCUT2D eigenvalue weighted by molar-refractivity contribution is 9.09. The van der Waals surface area contributed by atoms with Crippen molar-refractivity contribution in [2.24, 2.45) is 0 Å². The van der Waals surface area contributed by atoms with Crippen molar-refractivity contribution in [3.8, 4) is 0 Å². The number of nitrogens with zero attached hydrogens (tertiary/aromatic N) is 1. The molecule has 0 amide bonds. The van der Waals surface area contributed by atoms with Gasteiger partial charge in [-0.2, -0.15) is 8.42 Å². The van der Waals surface area contributed by atoms with E-state index in [9.17, 15) is 22.8 Å². The largest absolute Gasteiger partial charge is 0.456 e. The summed E-state index contributed by atoms with van der Waals surface area (Å²) in [5.41, 5.74) is -1.04. The average molecular weight is 441 g/mol. The number of hydrogen-bond donors (Lipinski definition) is 1. The molecule has 2 rings (SSSR count). The fourth-order valence-electron chi connectivity index (χ4n) is 2.34. The smallest absolute Gasteiger partial charge is 0.330 e. The first-order valence-corrected chi connectivity index (χ1v) is 9.86. The molecular formula is C13H17BrN2O8S. The molecule has 1 aromatic rings. The molecule has 0 aromatic carbocycles. The number of hydrogen-bond acceptors (Lipinski definition) is 8. The normalized spacial score (nSPS) is 26.6. The van der Waals surface area contributed by atoms with Crippen LogP contribution in [0.4, 0.5) is 0 Å². The number of H-pyrrole nitrogens is 1. The van der Waals surface area contributed by atoms with Crippen molar-refractivity contribution in [1.29, 1.82) is 0 Å². The summed E-state index contributed by atoms with van der Waals surface area (Å²) in [4.78, 5) is 36.5. The Morgan fingerprint density at radius 3 is 2.64 bits per heavy atom. The highest BCUT2D eigenvalue weighted by Gasteiger charge is 2.47. The fourth-order valence-corrected chi connectivity index (χ4v) is 3.36. The molecule has 4 atom stereocenters. The maximum absolute atomic E-state index is 12.1. The van der Waals surface area contributed by atoms with Gasteiger partial charge < -0.3 is 9.47 Å². The quantitative estimate of drug-likeness (QED) is 0.364. The third-order valence-electron chi connectivity index (χ3n) is 3.43. The zero-order chi connectivity index (χ0) is 18.9. The van der Waals surface area contributed by atoms with Gasteiger partial charge in [-0.3, -0.25) is 23.3 Å². The van der Waals surface area contributed by atoms with Crippen molar-refractivity contribution in [3.05, 3.63) is 32.6 Å². The SMILES string of the molecule is CC(=O)O[C@H]1[C@H](Br)[C@@H](COS(C)(=O)=O)O[C@H]1n1cc(C)c(=O)[nH]c1=O. The number of ether oxygens (including phenoxy) is 2. The molecule has 0 spiro atoms. The van der Waals surface area contributed by atoms with Crippen LogP contribution in [0.25, 0.3) is 0 Å². The second-order valence-electron chi connectivity index (χ2n) is 5.55. The van der Waals surface area contributed by atoms with E-state index in [-0.39, 0.29) is 12.2 Å². The molecule has 0 bridgehead atoms. The van der Waals surface area contributed by atoms with E-state index < -0.39 is 50.6 Å². The van der Waals surface area contributed by atoms with Gasteiger partial charge in [0.05, 0.1) is 17.7 Å². The minimum absolute atomic E-state index is 0.256. The Kier molecular flexibility index (Phi) is 5.86. The number of carbonyl (C=O) groups is 1. The van der Waals surface area contributed by atoms with Gasteiger partial charge >= 0.3 is 11.7 Å². The third kappa shape index (κ3) is 4.77. The van der Waals surface area contributed by atoms with Gasteiger partial charge in [-0.05, 0) is 6.92 Å². The van der Waals surface area contributed by atoms with Crippen LogP contribution in [0.3, 0.4) is 0 Å². The predicted octanol–water partition coefficient (Wildman–Crippen LogP) is -0.586. The minimum atomic E-state index is -3.70. The Morgan fingerprint density at radius 2 is 2.08 bits per heavy atom. The van der Waals surface area contributed by atoms with E-state index in [0.717, 1.165) is 10.8 Å². The minimum Gasteiger partial charge on any atom is -0.456 e. The number of aryl methyl sites for hydroxylation is 1. The van der Waals surface area contributed by atoms with Gasteiger partial charge in [0, 0.05) is 18.7 Å². The second kappa shape index (κ2) is 7.40. The number of rotatable bonds is 5. The van der Waals surface area contributed by atoms with E-state index in [4.69, 9.17) is 13.7 Å². The first-order valence-electron chi connectivity index (χ1n) is 7.13. The van der Waals surface area contributed by atoms with Crippen LogP contribution in [-0.4, -0.2) is 53.8 Å². The van der Waals surface area contributed by atoms with Crippen molar-refractivity contribution < 1.29 is 26.9 Å². The van der Waals surface area contributed by atoms with Crippen molar-refractivity contribution in [3.63, 3.8) is 0 Å². The molecule has 0 saturated carbocycles. The predicted molar refractivity (Wildman–Crippen MR) is 89.0 cm³/mol. The maximum Gasteiger partial charge on any atom is 0.330 e. The van der Waals surface area contributed by atoms with Gasteiger partial charge in [-0.1, -0.05) is 15.9 Å². The van der Waals surface area contributed by atoms with Crippen molar-refractivity contribution in [2.75, 3.05) is 12.9 Å². The number of alkyl halides is 1. The molecule has 1 N–H and O–H groups in total. The zero-order valence-electron chi connectivity index (χ0n) is 13.6. The Morgan fingerprint density at radius 1 is 1.44 bits per heavy atom. The van der Waals surface area contributed by atoms with Crippen LogP contribution in [0.1, 0.15) is 18.7 Å². The molecule has 1 aliphatic rings. The first kappa shape index (κ1) is 19.8. The molecule has 0 unspecified atom stereocenters. The number of aromatic amines is 1. The molecule has 12 heteroatoms. The highest BCUT2D eigenvalue weighted by atomic mass is 79.9. The summed E-state index contributed by atoms with van der Waals surface area (Å²) >= 11 is 3.30. The summed E-state index contributed by atoms with van der Waals surface area (Å²) in [6.45, 7) is 2.36. The summed E-state index contributed by atoms with van der Waals surface area (Å²) in [5.74, 6) is -0.609. The first-order chi connectivity index (χ1) is 11.5. The van der Waals surface area contributed by atoms with Crippen LogP contribution < -0.4 is 11.2 Å². The van der Waals surface area contributed by atoms with Crippen LogP contribution in [0.2, 0.25) is 0 Å². The molecule has 1 saturated heterocycles. The van der Waals surface area contributed by atoms with E-state index in [2.05, 4.69) is 20.9 Å². The van der Waals surface area contributed by atoms with Crippen LogP contribution in [0.5, 0.6) is 0 Å². The third-order valence-corrected chi connectivity index (χ3v) is 5.11. The molecule has 0 aliphatic carbocycles. The van der Waals surface area contributed by atoms with Crippen molar-refractivity contribution in [2.45, 2.75) is 37.1 Å². The van der Waals surface area contributed by atoms with Gasteiger partial charge in [0.1, 0.15) is 6.10 Å². The zero-order valence-corrected chi connectivity index (χ0v) is 16.0. The van der Waals surface area contributed by atoms with E-state index in [1.807, 2.05) is 0 Å². The summed E-state index contributed by atoms with van der Waals surface area (Å²) in [6.07, 6.45) is -0.648. The topological polar surface area (TPSA) is 134 Å². The number of halogens is 1. The molecular weight excluding hydrogens is 424 g/mol. The van der Waals surface area contributed by atoms with E-state index in [1.165, 1.54) is 20.0 Å². The lowest BCUT2D eigenvalue weighted by molar-refractivity contribution is -0.152. The van der Waals surface area contributed by atoms with E-state index in [1.54, 1.807) is 0 Å².